The average Bonchev–Trinajstić information content (AvgIpc) is 2.85. The van der Waals surface area contributed by atoms with E-state index in [2.05, 4.69) is 31.0 Å². The molecule has 4 nitrogen and oxygen atoms in total. The minimum atomic E-state index is 0.0412. The highest BCUT2D eigenvalue weighted by molar-refractivity contribution is 8.14. The first-order valence-electron chi connectivity index (χ1n) is 9.49. The van der Waals surface area contributed by atoms with E-state index in [1.165, 1.54) is 44.1 Å². The highest BCUT2D eigenvalue weighted by Gasteiger charge is 2.32. The van der Waals surface area contributed by atoms with Gasteiger partial charge in [-0.05, 0) is 37.0 Å². The van der Waals surface area contributed by atoms with Crippen molar-refractivity contribution in [1.29, 1.82) is 0 Å². The first-order valence-corrected chi connectivity index (χ1v) is 10.5. The number of amidine groups is 1. The SMILES string of the molecule is CCc1ccc(N(C=O)C2CSC(=NC3CCCCCC3)N2C)cc1. The van der Waals surface area contributed by atoms with Gasteiger partial charge in [0.15, 0.2) is 5.17 Å². The van der Waals surface area contributed by atoms with Crippen LogP contribution in [-0.4, -0.2) is 41.5 Å². The molecular weight excluding hydrogens is 330 g/mol. The van der Waals surface area contributed by atoms with E-state index >= 15 is 0 Å². The Morgan fingerprint density at radius 1 is 1.20 bits per heavy atom. The molecule has 1 saturated heterocycles. The molecular formula is C20H29N3OS. The number of hydrogen-bond donors (Lipinski definition) is 0. The van der Waals surface area contributed by atoms with Gasteiger partial charge in [-0.25, -0.2) is 0 Å². The molecule has 1 amide bonds. The molecule has 25 heavy (non-hydrogen) atoms. The molecule has 0 spiro atoms. The summed E-state index contributed by atoms with van der Waals surface area (Å²) in [5, 5.41) is 1.09. The van der Waals surface area contributed by atoms with Crippen molar-refractivity contribution in [3.63, 3.8) is 0 Å². The Hall–Kier alpha value is -1.49. The molecule has 1 saturated carbocycles. The van der Waals surface area contributed by atoms with Crippen LogP contribution in [0.5, 0.6) is 0 Å². The third-order valence-corrected chi connectivity index (χ3v) is 6.42. The number of thioether (sulfide) groups is 1. The molecule has 1 unspecified atom stereocenters. The molecule has 0 aromatic heterocycles. The van der Waals surface area contributed by atoms with Crippen molar-refractivity contribution in [2.45, 2.75) is 64.1 Å². The van der Waals surface area contributed by atoms with Crippen molar-refractivity contribution in [1.82, 2.24) is 4.90 Å². The van der Waals surface area contributed by atoms with Gasteiger partial charge in [0.05, 0.1) is 6.04 Å². The number of carbonyl (C=O) groups excluding carboxylic acids is 1. The average molecular weight is 360 g/mol. The lowest BCUT2D eigenvalue weighted by atomic mass is 10.1. The van der Waals surface area contributed by atoms with Gasteiger partial charge in [0.1, 0.15) is 6.17 Å². The second kappa shape index (κ2) is 8.75. The predicted octanol–water partition coefficient (Wildman–Crippen LogP) is 4.30. The number of carbonyl (C=O) groups is 1. The van der Waals surface area contributed by atoms with Gasteiger partial charge in [-0.3, -0.25) is 14.7 Å². The summed E-state index contributed by atoms with van der Waals surface area (Å²) in [6.45, 7) is 2.14. The van der Waals surface area contributed by atoms with Crippen LogP contribution in [0, 0.1) is 0 Å². The van der Waals surface area contributed by atoms with E-state index < -0.39 is 0 Å². The molecule has 0 bridgehead atoms. The maximum absolute atomic E-state index is 11.8. The second-order valence-electron chi connectivity index (χ2n) is 6.99. The van der Waals surface area contributed by atoms with Crippen LogP contribution in [0.25, 0.3) is 0 Å². The Kier molecular flexibility index (Phi) is 6.40. The molecule has 0 N–H and O–H groups in total. The summed E-state index contributed by atoms with van der Waals surface area (Å²) >= 11 is 1.78. The highest BCUT2D eigenvalue weighted by atomic mass is 32.2. The van der Waals surface area contributed by atoms with E-state index in [9.17, 15) is 4.79 Å². The number of benzene rings is 1. The van der Waals surface area contributed by atoms with Gasteiger partial charge in [0.2, 0.25) is 6.41 Å². The van der Waals surface area contributed by atoms with E-state index in [0.29, 0.717) is 6.04 Å². The van der Waals surface area contributed by atoms with Crippen LogP contribution in [-0.2, 0) is 11.2 Å². The smallest absolute Gasteiger partial charge is 0.215 e. The third kappa shape index (κ3) is 4.38. The number of hydrogen-bond acceptors (Lipinski definition) is 3. The summed E-state index contributed by atoms with van der Waals surface area (Å²) in [6, 6.07) is 8.76. The molecule has 1 aromatic carbocycles. The molecule has 1 aromatic rings. The molecule has 5 heteroatoms. The second-order valence-corrected chi connectivity index (χ2v) is 7.98. The Bertz CT molecular complexity index is 593. The van der Waals surface area contributed by atoms with Crippen molar-refractivity contribution >= 4 is 29.0 Å². The number of amides is 1. The quantitative estimate of drug-likeness (QED) is 0.581. The van der Waals surface area contributed by atoms with Crippen molar-refractivity contribution in [3.8, 4) is 0 Å². The van der Waals surface area contributed by atoms with Crippen molar-refractivity contribution in [2.24, 2.45) is 4.99 Å². The summed E-state index contributed by atoms with van der Waals surface area (Å²) in [6.07, 6.45) is 9.71. The maximum atomic E-state index is 11.8. The summed E-state index contributed by atoms with van der Waals surface area (Å²) in [4.78, 5) is 20.8. The molecule has 1 aliphatic carbocycles. The largest absolute Gasteiger partial charge is 0.333 e. The van der Waals surface area contributed by atoms with Gasteiger partial charge < -0.3 is 4.90 Å². The molecule has 1 atom stereocenters. The fraction of sp³-hybridized carbons (Fsp3) is 0.600. The molecule has 2 fully saturated rings. The van der Waals surface area contributed by atoms with Crippen LogP contribution in [0.4, 0.5) is 5.69 Å². The van der Waals surface area contributed by atoms with Crippen LogP contribution in [0.15, 0.2) is 29.3 Å². The molecule has 1 heterocycles. The number of aliphatic imine (C=N–C) groups is 1. The Labute approximate surface area is 155 Å². The van der Waals surface area contributed by atoms with Gasteiger partial charge in [-0.2, -0.15) is 0 Å². The van der Waals surface area contributed by atoms with E-state index in [0.717, 1.165) is 29.4 Å². The predicted molar refractivity (Wildman–Crippen MR) is 107 cm³/mol. The molecule has 136 valence electrons. The first kappa shape index (κ1) is 18.3. The Balaban J connectivity index is 1.72. The normalized spacial score (nSPS) is 23.7. The van der Waals surface area contributed by atoms with E-state index in [1.807, 2.05) is 17.0 Å². The van der Waals surface area contributed by atoms with Gasteiger partial charge >= 0.3 is 0 Å². The zero-order chi connectivity index (χ0) is 17.6. The lowest BCUT2D eigenvalue weighted by Gasteiger charge is -2.30. The number of anilines is 1. The third-order valence-electron chi connectivity index (χ3n) is 5.31. The fourth-order valence-corrected chi connectivity index (χ4v) is 4.87. The van der Waals surface area contributed by atoms with Gasteiger partial charge in [0.25, 0.3) is 0 Å². The number of rotatable bonds is 5. The summed E-state index contributed by atoms with van der Waals surface area (Å²) in [7, 11) is 2.07. The Morgan fingerprint density at radius 3 is 2.48 bits per heavy atom. The highest BCUT2D eigenvalue weighted by Crippen LogP contribution is 2.30. The van der Waals surface area contributed by atoms with Crippen LogP contribution >= 0.6 is 11.8 Å². The monoisotopic (exact) mass is 359 g/mol. The standard InChI is InChI=1S/C20H29N3OS/c1-3-16-10-12-18(13-11-16)23(15-24)19-14-25-20(22(19)2)21-17-8-6-4-5-7-9-17/h10-13,15,17,19H,3-9,14H2,1-2H3. The maximum Gasteiger partial charge on any atom is 0.215 e. The van der Waals surface area contributed by atoms with Crippen molar-refractivity contribution in [3.05, 3.63) is 29.8 Å². The summed E-state index contributed by atoms with van der Waals surface area (Å²) in [5.41, 5.74) is 2.25. The van der Waals surface area contributed by atoms with Crippen LogP contribution < -0.4 is 4.90 Å². The van der Waals surface area contributed by atoms with Crippen LogP contribution in [0.2, 0.25) is 0 Å². The van der Waals surface area contributed by atoms with E-state index in [4.69, 9.17) is 4.99 Å². The Morgan fingerprint density at radius 2 is 1.88 bits per heavy atom. The summed E-state index contributed by atoms with van der Waals surface area (Å²) in [5.74, 6) is 0.871. The minimum absolute atomic E-state index is 0.0412. The lowest BCUT2D eigenvalue weighted by molar-refractivity contribution is -0.108. The fourth-order valence-electron chi connectivity index (χ4n) is 3.64. The van der Waals surface area contributed by atoms with Crippen LogP contribution in [0.3, 0.4) is 0 Å². The number of nitrogens with zero attached hydrogens (tertiary/aromatic N) is 3. The van der Waals surface area contributed by atoms with Gasteiger partial charge in [-0.1, -0.05) is 56.5 Å². The van der Waals surface area contributed by atoms with E-state index in [-0.39, 0.29) is 6.17 Å². The molecule has 2 aliphatic rings. The van der Waals surface area contributed by atoms with Crippen molar-refractivity contribution < 1.29 is 4.79 Å². The zero-order valence-electron chi connectivity index (χ0n) is 15.4. The topological polar surface area (TPSA) is 35.9 Å². The molecule has 1 aliphatic heterocycles. The van der Waals surface area contributed by atoms with Gasteiger partial charge in [0, 0.05) is 18.5 Å². The number of aryl methyl sites for hydroxylation is 1. The first-order chi connectivity index (χ1) is 12.2. The summed E-state index contributed by atoms with van der Waals surface area (Å²) < 4.78 is 0. The molecule has 0 radical (unpaired) electrons. The molecule has 3 rings (SSSR count). The zero-order valence-corrected chi connectivity index (χ0v) is 16.2. The van der Waals surface area contributed by atoms with Crippen LogP contribution in [0.1, 0.15) is 51.0 Å². The van der Waals surface area contributed by atoms with Crippen molar-refractivity contribution in [2.75, 3.05) is 17.7 Å². The van der Waals surface area contributed by atoms with E-state index in [1.54, 1.807) is 11.8 Å². The minimum Gasteiger partial charge on any atom is -0.333 e. The lowest BCUT2D eigenvalue weighted by Crippen LogP contribution is -2.45. The van der Waals surface area contributed by atoms with Gasteiger partial charge in [-0.15, -0.1) is 0 Å².